The maximum absolute atomic E-state index is 12.9. The van der Waals surface area contributed by atoms with Crippen molar-refractivity contribution in [2.24, 2.45) is 0 Å². The van der Waals surface area contributed by atoms with Gasteiger partial charge in [0.25, 0.3) is 0 Å². The average Bonchev–Trinajstić information content (AvgIpc) is 2.74. The van der Waals surface area contributed by atoms with Crippen LogP contribution in [-0.2, 0) is 27.9 Å². The number of anilines is 1. The van der Waals surface area contributed by atoms with Gasteiger partial charge in [0, 0.05) is 18.1 Å². The van der Waals surface area contributed by atoms with Crippen molar-refractivity contribution in [1.29, 1.82) is 0 Å². The van der Waals surface area contributed by atoms with E-state index in [9.17, 15) is 13.2 Å². The second kappa shape index (κ2) is 10.9. The van der Waals surface area contributed by atoms with Gasteiger partial charge in [-0.05, 0) is 62.2 Å². The molecule has 1 aliphatic rings. The number of amides is 1. The number of carbonyl (C=O) groups is 1. The Balaban J connectivity index is 1.69. The Bertz CT molecular complexity index is 1060. The van der Waals surface area contributed by atoms with Gasteiger partial charge in [-0.2, -0.15) is 0 Å². The van der Waals surface area contributed by atoms with Crippen LogP contribution in [0, 0.1) is 0 Å². The summed E-state index contributed by atoms with van der Waals surface area (Å²) in [5.41, 5.74) is 2.34. The van der Waals surface area contributed by atoms with Crippen LogP contribution in [0.2, 0.25) is 10.0 Å². The molecule has 1 aliphatic heterocycles. The van der Waals surface area contributed by atoms with Gasteiger partial charge in [0.1, 0.15) is 6.04 Å². The van der Waals surface area contributed by atoms with Crippen LogP contribution in [0.25, 0.3) is 0 Å². The number of likely N-dealkylation sites (tertiary alicyclic amines) is 1. The van der Waals surface area contributed by atoms with Gasteiger partial charge in [-0.1, -0.05) is 53.9 Å². The fourth-order valence-corrected chi connectivity index (χ4v) is 5.59. The van der Waals surface area contributed by atoms with Crippen LogP contribution in [0.4, 0.5) is 5.69 Å². The van der Waals surface area contributed by atoms with Crippen LogP contribution in [0.3, 0.4) is 0 Å². The molecule has 1 heterocycles. The molecule has 6 nitrogen and oxygen atoms in total. The minimum absolute atomic E-state index is 0.174. The standard InChI is InChI=1S/C23H29Cl2N3O3S/c1-17(28(32(2,30)31)22-14-20(24)9-10-21(22)25)23(29)26-15-18-7-6-8-19(13-18)16-27-11-4-3-5-12-27/h6-10,13-14,17H,3-5,11-12,15-16H2,1-2H3,(H,26,29). The molecule has 0 aliphatic carbocycles. The number of hydrogen-bond donors (Lipinski definition) is 1. The Morgan fingerprint density at radius 3 is 2.47 bits per heavy atom. The summed E-state index contributed by atoms with van der Waals surface area (Å²) in [6.45, 7) is 4.96. The van der Waals surface area contributed by atoms with Crippen molar-refractivity contribution >= 4 is 44.8 Å². The molecule has 1 unspecified atom stereocenters. The minimum Gasteiger partial charge on any atom is -0.350 e. The summed E-state index contributed by atoms with van der Waals surface area (Å²) in [4.78, 5) is 15.3. The SMILES string of the molecule is CC(C(=O)NCc1cccc(CN2CCCCC2)c1)N(c1cc(Cl)ccc1Cl)S(C)(=O)=O. The Kier molecular flexibility index (Phi) is 8.44. The fourth-order valence-electron chi connectivity index (χ4n) is 3.99. The number of halogens is 2. The summed E-state index contributed by atoms with van der Waals surface area (Å²) in [5, 5.41) is 3.38. The number of rotatable bonds is 8. The molecule has 0 aromatic heterocycles. The molecule has 0 spiro atoms. The first-order valence-corrected chi connectivity index (χ1v) is 13.3. The summed E-state index contributed by atoms with van der Waals surface area (Å²) in [7, 11) is -3.78. The van der Waals surface area contributed by atoms with E-state index >= 15 is 0 Å². The second-order valence-corrected chi connectivity index (χ2v) is 10.9. The van der Waals surface area contributed by atoms with E-state index in [1.165, 1.54) is 43.9 Å². The van der Waals surface area contributed by atoms with Gasteiger partial charge < -0.3 is 5.32 Å². The molecular weight excluding hydrogens is 469 g/mol. The summed E-state index contributed by atoms with van der Waals surface area (Å²) in [5.74, 6) is -0.423. The predicted octanol–water partition coefficient (Wildman–Crippen LogP) is 4.45. The molecule has 1 saturated heterocycles. The molecule has 174 valence electrons. The maximum Gasteiger partial charge on any atom is 0.243 e. The lowest BCUT2D eigenvalue weighted by molar-refractivity contribution is -0.122. The van der Waals surface area contributed by atoms with Gasteiger partial charge >= 0.3 is 0 Å². The Labute approximate surface area is 200 Å². The third-order valence-electron chi connectivity index (χ3n) is 5.55. The number of benzene rings is 2. The molecule has 1 N–H and O–H groups in total. The van der Waals surface area contributed by atoms with Crippen molar-refractivity contribution in [1.82, 2.24) is 10.2 Å². The van der Waals surface area contributed by atoms with E-state index in [-0.39, 0.29) is 10.7 Å². The van der Waals surface area contributed by atoms with E-state index in [1.807, 2.05) is 12.1 Å². The highest BCUT2D eigenvalue weighted by Gasteiger charge is 2.30. The summed E-state index contributed by atoms with van der Waals surface area (Å²) in [6, 6.07) is 11.6. The molecule has 0 radical (unpaired) electrons. The number of carbonyl (C=O) groups excluding carboxylic acids is 1. The normalized spacial score (nSPS) is 15.9. The molecule has 3 rings (SSSR count). The van der Waals surface area contributed by atoms with Crippen LogP contribution in [0.1, 0.15) is 37.3 Å². The van der Waals surface area contributed by atoms with Crippen molar-refractivity contribution < 1.29 is 13.2 Å². The smallest absolute Gasteiger partial charge is 0.243 e. The van der Waals surface area contributed by atoms with E-state index in [2.05, 4.69) is 22.3 Å². The Hall–Kier alpha value is -1.80. The highest BCUT2D eigenvalue weighted by Crippen LogP contribution is 2.32. The molecule has 9 heteroatoms. The van der Waals surface area contributed by atoms with Gasteiger partial charge in [-0.15, -0.1) is 0 Å². The molecule has 0 bridgehead atoms. The quantitative estimate of drug-likeness (QED) is 0.584. The van der Waals surface area contributed by atoms with E-state index in [4.69, 9.17) is 23.2 Å². The highest BCUT2D eigenvalue weighted by atomic mass is 35.5. The summed E-state index contributed by atoms with van der Waals surface area (Å²) < 4.78 is 26.0. The fraction of sp³-hybridized carbons (Fsp3) is 0.435. The molecule has 0 saturated carbocycles. The topological polar surface area (TPSA) is 69.7 Å². The lowest BCUT2D eigenvalue weighted by Crippen LogP contribution is -2.47. The van der Waals surface area contributed by atoms with Crippen molar-refractivity contribution in [2.45, 2.75) is 45.3 Å². The first-order valence-electron chi connectivity index (χ1n) is 10.7. The van der Waals surface area contributed by atoms with Crippen LogP contribution in [0.5, 0.6) is 0 Å². The zero-order valence-corrected chi connectivity index (χ0v) is 20.7. The third-order valence-corrected chi connectivity index (χ3v) is 7.33. The summed E-state index contributed by atoms with van der Waals surface area (Å²) in [6.07, 6.45) is 4.81. The molecule has 32 heavy (non-hydrogen) atoms. The van der Waals surface area contributed by atoms with Crippen molar-refractivity contribution in [2.75, 3.05) is 23.7 Å². The summed E-state index contributed by atoms with van der Waals surface area (Å²) >= 11 is 12.3. The predicted molar refractivity (Wildman–Crippen MR) is 131 cm³/mol. The largest absolute Gasteiger partial charge is 0.350 e. The molecule has 1 amide bonds. The number of nitrogens with one attached hydrogen (secondary N) is 1. The zero-order chi connectivity index (χ0) is 23.3. The average molecular weight is 498 g/mol. The van der Waals surface area contributed by atoms with Gasteiger partial charge in [-0.25, -0.2) is 8.42 Å². The number of hydrogen-bond acceptors (Lipinski definition) is 4. The minimum atomic E-state index is -3.78. The molecule has 2 aromatic carbocycles. The molecule has 2 aromatic rings. The van der Waals surface area contributed by atoms with Crippen LogP contribution >= 0.6 is 23.2 Å². The number of sulfonamides is 1. The van der Waals surface area contributed by atoms with Crippen LogP contribution in [0.15, 0.2) is 42.5 Å². The van der Waals surface area contributed by atoms with Crippen LogP contribution < -0.4 is 9.62 Å². The lowest BCUT2D eigenvalue weighted by atomic mass is 10.1. The first kappa shape index (κ1) is 24.8. The Morgan fingerprint density at radius 2 is 1.78 bits per heavy atom. The third kappa shape index (κ3) is 6.61. The Morgan fingerprint density at radius 1 is 1.09 bits per heavy atom. The number of nitrogens with zero attached hydrogens (tertiary/aromatic N) is 2. The van der Waals surface area contributed by atoms with Gasteiger partial charge in [0.05, 0.1) is 17.0 Å². The first-order chi connectivity index (χ1) is 15.1. The number of piperidine rings is 1. The van der Waals surface area contributed by atoms with E-state index in [0.29, 0.717) is 11.6 Å². The van der Waals surface area contributed by atoms with E-state index < -0.39 is 22.0 Å². The van der Waals surface area contributed by atoms with Gasteiger partial charge in [0.15, 0.2) is 0 Å². The van der Waals surface area contributed by atoms with E-state index in [1.54, 1.807) is 6.07 Å². The van der Waals surface area contributed by atoms with Crippen molar-refractivity contribution in [3.63, 3.8) is 0 Å². The molecule has 1 fully saturated rings. The van der Waals surface area contributed by atoms with Crippen molar-refractivity contribution in [3.8, 4) is 0 Å². The van der Waals surface area contributed by atoms with Crippen molar-refractivity contribution in [3.05, 3.63) is 63.6 Å². The highest BCUT2D eigenvalue weighted by molar-refractivity contribution is 7.92. The molecule has 1 atom stereocenters. The second-order valence-electron chi connectivity index (χ2n) is 8.21. The zero-order valence-electron chi connectivity index (χ0n) is 18.4. The lowest BCUT2D eigenvalue weighted by Gasteiger charge is -2.29. The molecular formula is C23H29Cl2N3O3S. The van der Waals surface area contributed by atoms with Crippen LogP contribution in [-0.4, -0.2) is 44.6 Å². The van der Waals surface area contributed by atoms with E-state index in [0.717, 1.165) is 35.8 Å². The van der Waals surface area contributed by atoms with Gasteiger partial charge in [-0.3, -0.25) is 14.0 Å². The maximum atomic E-state index is 12.9. The van der Waals surface area contributed by atoms with Gasteiger partial charge in [0.2, 0.25) is 15.9 Å². The monoisotopic (exact) mass is 497 g/mol.